The van der Waals surface area contributed by atoms with Gasteiger partial charge in [0.25, 0.3) is 5.89 Å². The number of halogens is 2. The summed E-state index contributed by atoms with van der Waals surface area (Å²) in [5, 5.41) is 7.33. The second-order valence-corrected chi connectivity index (χ2v) is 5.12. The van der Waals surface area contributed by atoms with Crippen LogP contribution in [0.15, 0.2) is 22.7 Å². The number of likely N-dealkylation sites (N-methyl/N-ethyl adjacent to an activating group) is 1. The lowest BCUT2D eigenvalue weighted by molar-refractivity contribution is 0.190. The van der Waals surface area contributed by atoms with Gasteiger partial charge < -0.3 is 9.84 Å². The van der Waals surface area contributed by atoms with Gasteiger partial charge in [0.05, 0.1) is 6.04 Å². The Labute approximate surface area is 128 Å². The molecule has 114 valence electrons. The number of benzene rings is 1. The van der Waals surface area contributed by atoms with Crippen LogP contribution in [0.3, 0.4) is 0 Å². The number of aryl methyl sites for hydroxylation is 1. The van der Waals surface area contributed by atoms with Gasteiger partial charge in [-0.15, -0.1) is 12.4 Å². The van der Waals surface area contributed by atoms with Crippen LogP contribution in [0.25, 0.3) is 11.5 Å². The first-order valence-corrected chi connectivity index (χ1v) is 6.66. The molecule has 0 spiro atoms. The van der Waals surface area contributed by atoms with Crippen molar-refractivity contribution in [3.05, 3.63) is 35.4 Å². The van der Waals surface area contributed by atoms with E-state index in [1.54, 1.807) is 19.1 Å². The van der Waals surface area contributed by atoms with Crippen LogP contribution in [0.1, 0.15) is 17.4 Å². The van der Waals surface area contributed by atoms with E-state index in [0.29, 0.717) is 22.8 Å². The Hall–Kier alpha value is -1.50. The molecular weight excluding hydrogens is 295 g/mol. The average Bonchev–Trinajstić information content (AvgIpc) is 2.92. The molecule has 2 heterocycles. The van der Waals surface area contributed by atoms with Crippen molar-refractivity contribution in [1.29, 1.82) is 0 Å². The molecule has 0 amide bonds. The maximum absolute atomic E-state index is 13.6. The van der Waals surface area contributed by atoms with E-state index in [9.17, 15) is 4.39 Å². The minimum Gasteiger partial charge on any atom is -0.334 e. The van der Waals surface area contributed by atoms with Crippen LogP contribution in [0, 0.1) is 12.7 Å². The highest BCUT2D eigenvalue weighted by molar-refractivity contribution is 5.85. The summed E-state index contributed by atoms with van der Waals surface area (Å²) in [5.41, 5.74) is 1.21. The molecule has 0 aliphatic carbocycles. The number of hydrogen-bond acceptors (Lipinski definition) is 5. The summed E-state index contributed by atoms with van der Waals surface area (Å²) in [6.45, 7) is 4.41. The molecule has 2 aromatic rings. The summed E-state index contributed by atoms with van der Waals surface area (Å²) in [5.74, 6) is 0.729. The van der Waals surface area contributed by atoms with Gasteiger partial charge in [-0.25, -0.2) is 4.39 Å². The zero-order valence-corrected chi connectivity index (χ0v) is 12.8. The molecule has 5 nitrogen and oxygen atoms in total. The van der Waals surface area contributed by atoms with Crippen molar-refractivity contribution in [3.8, 4) is 11.5 Å². The number of nitrogens with one attached hydrogen (secondary N) is 1. The Morgan fingerprint density at radius 3 is 2.95 bits per heavy atom. The highest BCUT2D eigenvalue weighted by Crippen LogP contribution is 2.23. The smallest absolute Gasteiger partial charge is 0.258 e. The molecule has 21 heavy (non-hydrogen) atoms. The van der Waals surface area contributed by atoms with Crippen LogP contribution < -0.4 is 5.32 Å². The Morgan fingerprint density at radius 2 is 2.24 bits per heavy atom. The lowest BCUT2D eigenvalue weighted by Crippen LogP contribution is -2.44. The summed E-state index contributed by atoms with van der Waals surface area (Å²) in [6.07, 6.45) is 0. The van der Waals surface area contributed by atoms with Crippen molar-refractivity contribution >= 4 is 12.4 Å². The third-order valence-electron chi connectivity index (χ3n) is 3.67. The van der Waals surface area contributed by atoms with E-state index in [-0.39, 0.29) is 24.3 Å². The molecule has 1 aromatic carbocycles. The standard InChI is InChI=1S/C14H17FN4O.ClH/c1-9-3-4-10(7-11(9)15)14-17-13(18-20-14)12-8-16-5-6-19(12)2;/h3-4,7,12,16H,5-6,8H2,1-2H3;1H. The third-order valence-corrected chi connectivity index (χ3v) is 3.67. The number of nitrogens with zero attached hydrogens (tertiary/aromatic N) is 3. The molecule has 1 aliphatic rings. The Kier molecular flexibility index (Phi) is 4.92. The lowest BCUT2D eigenvalue weighted by atomic mass is 10.1. The van der Waals surface area contributed by atoms with Gasteiger partial charge in [-0.05, 0) is 31.7 Å². The zero-order chi connectivity index (χ0) is 14.1. The topological polar surface area (TPSA) is 54.2 Å². The fourth-order valence-corrected chi connectivity index (χ4v) is 2.31. The number of rotatable bonds is 2. The summed E-state index contributed by atoms with van der Waals surface area (Å²) in [4.78, 5) is 6.58. The van der Waals surface area contributed by atoms with Gasteiger partial charge >= 0.3 is 0 Å². The van der Waals surface area contributed by atoms with Crippen molar-refractivity contribution in [2.45, 2.75) is 13.0 Å². The average molecular weight is 313 g/mol. The SMILES string of the molecule is Cc1ccc(-c2nc(C3CNCCN3C)no2)cc1F.Cl. The Bertz CT molecular complexity index is 619. The predicted octanol–water partition coefficient (Wildman–Crippen LogP) is 2.18. The molecule has 0 radical (unpaired) electrons. The van der Waals surface area contributed by atoms with Gasteiger partial charge in [-0.2, -0.15) is 4.98 Å². The second-order valence-electron chi connectivity index (χ2n) is 5.12. The van der Waals surface area contributed by atoms with E-state index >= 15 is 0 Å². The Morgan fingerprint density at radius 1 is 1.43 bits per heavy atom. The molecule has 0 bridgehead atoms. The molecule has 1 aliphatic heterocycles. The van der Waals surface area contributed by atoms with E-state index in [1.165, 1.54) is 6.07 Å². The normalized spacial score (nSPS) is 19.3. The number of hydrogen-bond donors (Lipinski definition) is 1. The van der Waals surface area contributed by atoms with Gasteiger partial charge in [0.2, 0.25) is 0 Å². The highest BCUT2D eigenvalue weighted by Gasteiger charge is 2.25. The first kappa shape index (κ1) is 15.9. The van der Waals surface area contributed by atoms with Crippen molar-refractivity contribution in [2.24, 2.45) is 0 Å². The number of aromatic nitrogens is 2. The van der Waals surface area contributed by atoms with Crippen LogP contribution in [-0.4, -0.2) is 41.7 Å². The van der Waals surface area contributed by atoms with Gasteiger partial charge in [-0.1, -0.05) is 11.2 Å². The minimum absolute atomic E-state index is 0. The maximum Gasteiger partial charge on any atom is 0.258 e. The molecular formula is C14H18ClFN4O. The first-order chi connectivity index (χ1) is 9.65. The summed E-state index contributed by atoms with van der Waals surface area (Å²) < 4.78 is 18.8. The third kappa shape index (κ3) is 3.23. The molecule has 0 saturated carbocycles. The van der Waals surface area contributed by atoms with Gasteiger partial charge in [0, 0.05) is 25.2 Å². The first-order valence-electron chi connectivity index (χ1n) is 6.66. The highest BCUT2D eigenvalue weighted by atomic mass is 35.5. The molecule has 1 saturated heterocycles. The van der Waals surface area contributed by atoms with Crippen molar-refractivity contribution < 1.29 is 8.91 Å². The van der Waals surface area contributed by atoms with Crippen molar-refractivity contribution in [1.82, 2.24) is 20.4 Å². The van der Waals surface area contributed by atoms with E-state index in [0.717, 1.165) is 19.6 Å². The largest absolute Gasteiger partial charge is 0.334 e. The summed E-state index contributed by atoms with van der Waals surface area (Å²) in [6, 6.07) is 5.02. The molecule has 7 heteroatoms. The van der Waals surface area contributed by atoms with E-state index < -0.39 is 0 Å². The zero-order valence-electron chi connectivity index (χ0n) is 12.0. The van der Waals surface area contributed by atoms with Crippen LogP contribution in [-0.2, 0) is 0 Å². The molecule has 1 unspecified atom stereocenters. The van der Waals surface area contributed by atoms with E-state index in [2.05, 4.69) is 20.4 Å². The van der Waals surface area contributed by atoms with Crippen molar-refractivity contribution in [2.75, 3.05) is 26.7 Å². The summed E-state index contributed by atoms with van der Waals surface area (Å²) in [7, 11) is 2.03. The monoisotopic (exact) mass is 312 g/mol. The molecule has 1 aromatic heterocycles. The molecule has 1 N–H and O–H groups in total. The second kappa shape index (κ2) is 6.51. The van der Waals surface area contributed by atoms with E-state index in [1.807, 2.05) is 7.05 Å². The van der Waals surface area contributed by atoms with Crippen LogP contribution >= 0.6 is 12.4 Å². The predicted molar refractivity (Wildman–Crippen MR) is 79.9 cm³/mol. The summed E-state index contributed by atoms with van der Waals surface area (Å²) >= 11 is 0. The molecule has 1 fully saturated rings. The fraction of sp³-hybridized carbons (Fsp3) is 0.429. The fourth-order valence-electron chi connectivity index (χ4n) is 2.31. The molecule has 3 rings (SSSR count). The van der Waals surface area contributed by atoms with Crippen molar-refractivity contribution in [3.63, 3.8) is 0 Å². The maximum atomic E-state index is 13.6. The Balaban J connectivity index is 0.00000161. The van der Waals surface area contributed by atoms with Gasteiger partial charge in [-0.3, -0.25) is 4.90 Å². The molecule has 1 atom stereocenters. The lowest BCUT2D eigenvalue weighted by Gasteiger charge is -2.30. The number of piperazine rings is 1. The van der Waals surface area contributed by atoms with Crippen LogP contribution in [0.2, 0.25) is 0 Å². The van der Waals surface area contributed by atoms with E-state index in [4.69, 9.17) is 4.52 Å². The minimum atomic E-state index is -0.265. The van der Waals surface area contributed by atoms with Crippen LogP contribution in [0.5, 0.6) is 0 Å². The quantitative estimate of drug-likeness (QED) is 0.921. The van der Waals surface area contributed by atoms with Gasteiger partial charge in [0.15, 0.2) is 5.82 Å². The van der Waals surface area contributed by atoms with Gasteiger partial charge in [0.1, 0.15) is 5.82 Å². The van der Waals surface area contributed by atoms with Crippen LogP contribution in [0.4, 0.5) is 4.39 Å².